The van der Waals surface area contributed by atoms with Gasteiger partial charge in [-0.3, -0.25) is 10.1 Å². The summed E-state index contributed by atoms with van der Waals surface area (Å²) in [5, 5.41) is 4.34. The van der Waals surface area contributed by atoms with E-state index >= 15 is 0 Å². The molecule has 2 aromatic rings. The Bertz CT molecular complexity index is 772. The van der Waals surface area contributed by atoms with Gasteiger partial charge in [0.15, 0.2) is 5.75 Å². The van der Waals surface area contributed by atoms with Gasteiger partial charge in [0.1, 0.15) is 17.2 Å². The molecule has 0 bridgehead atoms. The van der Waals surface area contributed by atoms with E-state index in [0.717, 1.165) is 18.2 Å². The maximum absolute atomic E-state index is 13.5. The summed E-state index contributed by atoms with van der Waals surface area (Å²) < 4.78 is 31.9. The fraction of sp³-hybridized carbons (Fsp3) is 0.0667. The van der Waals surface area contributed by atoms with Crippen molar-refractivity contribution in [2.24, 2.45) is 0 Å². The Morgan fingerprint density at radius 3 is 2.12 bits per heavy atom. The highest BCUT2D eigenvalue weighted by Gasteiger charge is 2.19. The zero-order valence-corrected chi connectivity index (χ0v) is 13.6. The minimum atomic E-state index is -1.23. The molecule has 0 aliphatic rings. The zero-order chi connectivity index (χ0) is 17.9. The van der Waals surface area contributed by atoms with Gasteiger partial charge in [0.2, 0.25) is 0 Å². The molecule has 3 amide bonds. The second-order valence-corrected chi connectivity index (χ2v) is 5.29. The molecule has 9 heteroatoms. The topological polar surface area (TPSA) is 67.4 Å². The summed E-state index contributed by atoms with van der Waals surface area (Å²) in [4.78, 5) is 23.6. The van der Waals surface area contributed by atoms with Crippen LogP contribution in [0, 0.1) is 11.6 Å². The second kappa shape index (κ2) is 7.46. The first kappa shape index (κ1) is 18.0. The third-order valence-corrected chi connectivity index (χ3v) is 3.44. The number of amides is 3. The van der Waals surface area contributed by atoms with Crippen LogP contribution in [0.2, 0.25) is 10.0 Å². The largest absolute Gasteiger partial charge is 0.494 e. The molecule has 0 aromatic heterocycles. The van der Waals surface area contributed by atoms with Crippen LogP contribution in [0.3, 0.4) is 0 Å². The number of rotatable bonds is 3. The summed E-state index contributed by atoms with van der Waals surface area (Å²) in [6.45, 7) is 0. The van der Waals surface area contributed by atoms with Crippen LogP contribution in [0.25, 0.3) is 0 Å². The Labute approximate surface area is 145 Å². The number of halogens is 4. The van der Waals surface area contributed by atoms with Crippen molar-refractivity contribution in [3.63, 3.8) is 0 Å². The average molecular weight is 375 g/mol. The van der Waals surface area contributed by atoms with Crippen LogP contribution in [0.15, 0.2) is 30.3 Å². The fourth-order valence-electron chi connectivity index (χ4n) is 1.87. The molecule has 0 aliphatic carbocycles. The quantitative estimate of drug-likeness (QED) is 0.843. The van der Waals surface area contributed by atoms with E-state index in [0.29, 0.717) is 0 Å². The molecule has 0 saturated carbocycles. The summed E-state index contributed by atoms with van der Waals surface area (Å²) in [7, 11) is 1.37. The van der Waals surface area contributed by atoms with Gasteiger partial charge < -0.3 is 10.1 Å². The van der Waals surface area contributed by atoms with Crippen LogP contribution in [0.5, 0.6) is 5.75 Å². The summed E-state index contributed by atoms with van der Waals surface area (Å²) >= 11 is 11.8. The first-order valence-electron chi connectivity index (χ1n) is 6.43. The van der Waals surface area contributed by atoms with E-state index in [1.165, 1.54) is 19.2 Å². The van der Waals surface area contributed by atoms with Gasteiger partial charge in [-0.1, -0.05) is 29.3 Å². The number of urea groups is 1. The van der Waals surface area contributed by atoms with Crippen LogP contribution in [-0.2, 0) is 0 Å². The van der Waals surface area contributed by atoms with E-state index < -0.39 is 29.1 Å². The van der Waals surface area contributed by atoms with Gasteiger partial charge in [-0.2, -0.15) is 0 Å². The third-order valence-electron chi connectivity index (χ3n) is 2.88. The minimum Gasteiger partial charge on any atom is -0.494 e. The van der Waals surface area contributed by atoms with Crippen molar-refractivity contribution in [1.82, 2.24) is 5.32 Å². The molecule has 0 unspecified atom stereocenters. The molecule has 0 aliphatic heterocycles. The number of carbonyl (C=O) groups excluding carboxylic acids is 2. The minimum absolute atomic E-state index is 0.131. The van der Waals surface area contributed by atoms with Crippen LogP contribution < -0.4 is 15.4 Å². The fourth-order valence-corrected chi connectivity index (χ4v) is 2.51. The normalized spacial score (nSPS) is 10.2. The number of methoxy groups -OCH3 is 1. The smallest absolute Gasteiger partial charge is 0.326 e. The maximum atomic E-state index is 13.5. The summed E-state index contributed by atoms with van der Waals surface area (Å²) in [5.74, 6) is -3.19. The van der Waals surface area contributed by atoms with Crippen molar-refractivity contribution >= 4 is 40.8 Å². The van der Waals surface area contributed by atoms with Gasteiger partial charge in [-0.25, -0.2) is 13.6 Å². The maximum Gasteiger partial charge on any atom is 0.326 e. The van der Waals surface area contributed by atoms with Crippen LogP contribution in [-0.4, -0.2) is 19.0 Å². The van der Waals surface area contributed by atoms with Gasteiger partial charge in [-0.15, -0.1) is 0 Å². The number of benzene rings is 2. The standard InChI is InChI=1S/C15H10Cl2F2N2O3/c1-24-13-8(16)5-7(6-9(13)17)20-15(23)21-14(22)12-10(18)3-2-4-11(12)19/h2-6H,1H3,(H2,20,21,22,23). The molecule has 24 heavy (non-hydrogen) atoms. The predicted octanol–water partition coefficient (Wildman–Crippen LogP) is 4.24. The lowest BCUT2D eigenvalue weighted by atomic mass is 10.2. The highest BCUT2D eigenvalue weighted by atomic mass is 35.5. The summed E-state index contributed by atoms with van der Waals surface area (Å²) in [5.41, 5.74) is -0.705. The van der Waals surface area contributed by atoms with Crippen LogP contribution >= 0.6 is 23.2 Å². The van der Waals surface area contributed by atoms with Crippen molar-refractivity contribution in [2.45, 2.75) is 0 Å². The van der Waals surface area contributed by atoms with Gasteiger partial charge in [0.05, 0.1) is 17.2 Å². The van der Waals surface area contributed by atoms with Crippen LogP contribution in [0.4, 0.5) is 19.3 Å². The molecule has 5 nitrogen and oxygen atoms in total. The Balaban J connectivity index is 2.13. The van der Waals surface area contributed by atoms with E-state index in [2.05, 4.69) is 5.32 Å². The van der Waals surface area contributed by atoms with Crippen molar-refractivity contribution in [2.75, 3.05) is 12.4 Å². The molecule has 0 saturated heterocycles. The number of hydrogen-bond acceptors (Lipinski definition) is 3. The van der Waals surface area contributed by atoms with E-state index in [1.807, 2.05) is 5.32 Å². The summed E-state index contributed by atoms with van der Waals surface area (Å²) in [6, 6.07) is 4.56. The number of imide groups is 1. The predicted molar refractivity (Wildman–Crippen MR) is 85.9 cm³/mol. The molecular formula is C15H10Cl2F2N2O3. The molecule has 0 heterocycles. The van der Waals surface area contributed by atoms with Gasteiger partial charge >= 0.3 is 6.03 Å². The number of nitrogens with one attached hydrogen (secondary N) is 2. The number of carbonyl (C=O) groups is 2. The summed E-state index contributed by atoms with van der Waals surface area (Å²) in [6.07, 6.45) is 0. The lowest BCUT2D eigenvalue weighted by Crippen LogP contribution is -2.35. The molecule has 2 aromatic carbocycles. The first-order valence-corrected chi connectivity index (χ1v) is 7.18. The Morgan fingerprint density at radius 2 is 1.62 bits per heavy atom. The highest BCUT2D eigenvalue weighted by Crippen LogP contribution is 2.35. The van der Waals surface area contributed by atoms with Gasteiger partial charge in [0, 0.05) is 5.69 Å². The Kier molecular flexibility index (Phi) is 5.58. The highest BCUT2D eigenvalue weighted by molar-refractivity contribution is 6.37. The Hall–Kier alpha value is -2.38. The molecule has 0 fully saturated rings. The van der Waals surface area contributed by atoms with E-state index in [1.54, 1.807) is 0 Å². The second-order valence-electron chi connectivity index (χ2n) is 4.48. The van der Waals surface area contributed by atoms with E-state index in [4.69, 9.17) is 27.9 Å². The van der Waals surface area contributed by atoms with Gasteiger partial charge in [-0.05, 0) is 24.3 Å². The van der Waals surface area contributed by atoms with Gasteiger partial charge in [0.25, 0.3) is 5.91 Å². The van der Waals surface area contributed by atoms with Crippen molar-refractivity contribution in [3.8, 4) is 5.75 Å². The Morgan fingerprint density at radius 1 is 1.08 bits per heavy atom. The van der Waals surface area contributed by atoms with Crippen LogP contribution in [0.1, 0.15) is 10.4 Å². The third kappa shape index (κ3) is 3.93. The lowest BCUT2D eigenvalue weighted by Gasteiger charge is -2.11. The molecule has 126 valence electrons. The molecular weight excluding hydrogens is 365 g/mol. The molecule has 0 radical (unpaired) electrons. The van der Waals surface area contributed by atoms with Crippen molar-refractivity contribution in [1.29, 1.82) is 0 Å². The van der Waals surface area contributed by atoms with E-state index in [9.17, 15) is 18.4 Å². The lowest BCUT2D eigenvalue weighted by molar-refractivity contribution is 0.0959. The molecule has 2 rings (SSSR count). The monoisotopic (exact) mass is 374 g/mol. The number of hydrogen-bond donors (Lipinski definition) is 2. The number of anilines is 1. The zero-order valence-electron chi connectivity index (χ0n) is 12.1. The van der Waals surface area contributed by atoms with Crippen molar-refractivity contribution in [3.05, 3.63) is 57.6 Å². The first-order chi connectivity index (χ1) is 11.3. The number of ether oxygens (including phenoxy) is 1. The average Bonchev–Trinajstić information content (AvgIpc) is 2.46. The SMILES string of the molecule is COc1c(Cl)cc(NC(=O)NC(=O)c2c(F)cccc2F)cc1Cl. The molecule has 2 N–H and O–H groups in total. The van der Waals surface area contributed by atoms with Crippen molar-refractivity contribution < 1.29 is 23.1 Å². The molecule has 0 atom stereocenters. The van der Waals surface area contributed by atoms with E-state index in [-0.39, 0.29) is 21.5 Å². The molecule has 0 spiro atoms.